The van der Waals surface area contributed by atoms with Crippen molar-refractivity contribution in [3.8, 4) is 0 Å². The van der Waals surface area contributed by atoms with E-state index >= 15 is 0 Å². The molecule has 1 aromatic carbocycles. The lowest BCUT2D eigenvalue weighted by Crippen LogP contribution is -2.15. The van der Waals surface area contributed by atoms with Gasteiger partial charge in [0.05, 0.1) is 13.0 Å². The van der Waals surface area contributed by atoms with E-state index in [1.54, 1.807) is 0 Å². The predicted molar refractivity (Wildman–Crippen MR) is 84.9 cm³/mol. The molecule has 0 aliphatic heterocycles. The van der Waals surface area contributed by atoms with Gasteiger partial charge in [-0.2, -0.15) is 0 Å². The number of nitrogens with one attached hydrogen (secondary N) is 1. The fourth-order valence-electron chi connectivity index (χ4n) is 2.24. The summed E-state index contributed by atoms with van der Waals surface area (Å²) in [4.78, 5) is 16.4. The number of nitrogens with zero attached hydrogens (tertiary/aromatic N) is 1. The first kappa shape index (κ1) is 15.0. The van der Waals surface area contributed by atoms with Crippen molar-refractivity contribution in [2.75, 3.05) is 18.5 Å². The molecule has 118 valence electrons. The van der Waals surface area contributed by atoms with Gasteiger partial charge in [-0.25, -0.2) is 4.98 Å². The number of hydrogen-bond donors (Lipinski definition) is 1. The summed E-state index contributed by atoms with van der Waals surface area (Å²) in [5.74, 6) is 1.75. The number of amides is 1. The van der Waals surface area contributed by atoms with Crippen molar-refractivity contribution in [1.29, 1.82) is 0 Å². The Morgan fingerprint density at radius 3 is 3.00 bits per heavy atom. The molecule has 5 heteroatoms. The van der Waals surface area contributed by atoms with E-state index in [0.29, 0.717) is 31.5 Å². The van der Waals surface area contributed by atoms with E-state index in [-0.39, 0.29) is 5.91 Å². The Morgan fingerprint density at radius 2 is 2.27 bits per heavy atom. The Kier molecular flexibility index (Phi) is 4.43. The quantitative estimate of drug-likeness (QED) is 0.792. The van der Waals surface area contributed by atoms with Crippen LogP contribution in [0, 0.1) is 5.92 Å². The number of fused-ring (bicyclic) bond motifs is 1. The first-order valence-corrected chi connectivity index (χ1v) is 7.90. The summed E-state index contributed by atoms with van der Waals surface area (Å²) < 4.78 is 11.1. The van der Waals surface area contributed by atoms with Crippen molar-refractivity contribution in [2.24, 2.45) is 5.92 Å². The molecule has 0 spiro atoms. The van der Waals surface area contributed by atoms with Crippen LogP contribution < -0.4 is 5.32 Å². The van der Waals surface area contributed by atoms with Crippen LogP contribution in [0.25, 0.3) is 11.1 Å². The Bertz CT molecular complexity index is 659. The zero-order valence-corrected chi connectivity index (χ0v) is 13.1. The second kappa shape index (κ2) is 6.48. The number of carbonyl (C=O) groups is 1. The highest BCUT2D eigenvalue weighted by Gasteiger charge is 2.28. The molecule has 0 unspecified atom stereocenters. The highest BCUT2D eigenvalue weighted by molar-refractivity contribution is 5.92. The second-order valence-electron chi connectivity index (χ2n) is 6.28. The maximum absolute atomic E-state index is 11.9. The molecule has 1 N–H and O–H groups in total. The fraction of sp³-hybridized carbons (Fsp3) is 0.529. The van der Waals surface area contributed by atoms with E-state index in [2.05, 4.69) is 24.1 Å². The SMILES string of the molecule is CC(C)COCCC(=O)Nc1ccc2oc(C3CC3)nc2c1. The van der Waals surface area contributed by atoms with Gasteiger partial charge in [-0.3, -0.25) is 4.79 Å². The van der Waals surface area contributed by atoms with Crippen molar-refractivity contribution < 1.29 is 13.9 Å². The largest absolute Gasteiger partial charge is 0.440 e. The molecule has 1 saturated carbocycles. The van der Waals surface area contributed by atoms with Crippen LogP contribution >= 0.6 is 0 Å². The molecule has 1 heterocycles. The van der Waals surface area contributed by atoms with Gasteiger partial charge in [0, 0.05) is 18.2 Å². The maximum atomic E-state index is 11.9. The molecule has 1 aliphatic rings. The average Bonchev–Trinajstić information content (AvgIpc) is 3.23. The molecule has 1 amide bonds. The van der Waals surface area contributed by atoms with Gasteiger partial charge >= 0.3 is 0 Å². The third-order valence-electron chi connectivity index (χ3n) is 3.54. The van der Waals surface area contributed by atoms with Crippen LogP contribution in [0.15, 0.2) is 22.6 Å². The standard InChI is InChI=1S/C17H22N2O3/c1-11(2)10-21-8-7-16(20)18-13-5-6-15-14(9-13)19-17(22-15)12-3-4-12/h5-6,9,11-12H,3-4,7-8,10H2,1-2H3,(H,18,20). The molecule has 1 fully saturated rings. The van der Waals surface area contributed by atoms with Gasteiger partial charge in [-0.1, -0.05) is 13.8 Å². The molecule has 5 nitrogen and oxygen atoms in total. The van der Waals surface area contributed by atoms with Crippen LogP contribution in [0.2, 0.25) is 0 Å². The number of anilines is 1. The number of oxazole rings is 1. The first-order chi connectivity index (χ1) is 10.6. The normalized spacial score (nSPS) is 14.7. The summed E-state index contributed by atoms with van der Waals surface area (Å²) in [6.45, 7) is 5.30. The van der Waals surface area contributed by atoms with E-state index in [4.69, 9.17) is 9.15 Å². The monoisotopic (exact) mass is 302 g/mol. The molecule has 0 saturated heterocycles. The predicted octanol–water partition coefficient (Wildman–Crippen LogP) is 3.71. The maximum Gasteiger partial charge on any atom is 0.226 e. The lowest BCUT2D eigenvalue weighted by Gasteiger charge is -2.07. The number of carbonyl (C=O) groups excluding carboxylic acids is 1. The molecule has 2 aromatic rings. The van der Waals surface area contributed by atoms with Gasteiger partial charge in [0.15, 0.2) is 11.5 Å². The Hall–Kier alpha value is -1.88. The summed E-state index contributed by atoms with van der Waals surface area (Å²) in [6.07, 6.45) is 2.68. The van der Waals surface area contributed by atoms with E-state index in [0.717, 1.165) is 35.5 Å². The Morgan fingerprint density at radius 1 is 1.45 bits per heavy atom. The topological polar surface area (TPSA) is 64.4 Å². The summed E-state index contributed by atoms with van der Waals surface area (Å²) in [5.41, 5.74) is 2.33. The summed E-state index contributed by atoms with van der Waals surface area (Å²) in [7, 11) is 0. The summed E-state index contributed by atoms with van der Waals surface area (Å²) in [5, 5.41) is 2.88. The average molecular weight is 302 g/mol. The molecular formula is C17H22N2O3. The van der Waals surface area contributed by atoms with Crippen LogP contribution in [0.3, 0.4) is 0 Å². The van der Waals surface area contributed by atoms with Crippen molar-refractivity contribution in [3.63, 3.8) is 0 Å². The number of benzene rings is 1. The Balaban J connectivity index is 1.55. The van der Waals surface area contributed by atoms with E-state index in [9.17, 15) is 4.79 Å². The Labute approximate surface area is 130 Å². The first-order valence-electron chi connectivity index (χ1n) is 7.90. The van der Waals surface area contributed by atoms with Crippen LogP contribution in [-0.2, 0) is 9.53 Å². The molecule has 3 rings (SSSR count). The van der Waals surface area contributed by atoms with Crippen molar-refractivity contribution in [3.05, 3.63) is 24.1 Å². The second-order valence-corrected chi connectivity index (χ2v) is 6.28. The van der Waals surface area contributed by atoms with Gasteiger partial charge < -0.3 is 14.5 Å². The molecule has 0 radical (unpaired) electrons. The fourth-order valence-corrected chi connectivity index (χ4v) is 2.24. The number of hydrogen-bond acceptors (Lipinski definition) is 4. The van der Waals surface area contributed by atoms with E-state index in [1.807, 2.05) is 18.2 Å². The minimum Gasteiger partial charge on any atom is -0.440 e. The van der Waals surface area contributed by atoms with Gasteiger partial charge in [-0.15, -0.1) is 0 Å². The van der Waals surface area contributed by atoms with Crippen LogP contribution in [-0.4, -0.2) is 24.1 Å². The molecule has 0 atom stereocenters. The minimum atomic E-state index is -0.0472. The smallest absolute Gasteiger partial charge is 0.226 e. The van der Waals surface area contributed by atoms with E-state index < -0.39 is 0 Å². The van der Waals surface area contributed by atoms with Gasteiger partial charge in [0.25, 0.3) is 0 Å². The van der Waals surface area contributed by atoms with Gasteiger partial charge in [0.1, 0.15) is 5.52 Å². The van der Waals surface area contributed by atoms with Crippen molar-refractivity contribution in [1.82, 2.24) is 4.98 Å². The van der Waals surface area contributed by atoms with Gasteiger partial charge in [0.2, 0.25) is 5.91 Å². The molecular weight excluding hydrogens is 280 g/mol. The highest BCUT2D eigenvalue weighted by Crippen LogP contribution is 2.40. The number of ether oxygens (including phenoxy) is 1. The molecule has 1 aliphatic carbocycles. The number of rotatable bonds is 7. The zero-order chi connectivity index (χ0) is 15.5. The molecule has 0 bridgehead atoms. The zero-order valence-electron chi connectivity index (χ0n) is 13.1. The third-order valence-corrected chi connectivity index (χ3v) is 3.54. The van der Waals surface area contributed by atoms with Crippen LogP contribution in [0.1, 0.15) is 44.9 Å². The third kappa shape index (κ3) is 3.85. The van der Waals surface area contributed by atoms with Gasteiger partial charge in [-0.05, 0) is 37.0 Å². The lowest BCUT2D eigenvalue weighted by atomic mass is 10.2. The highest BCUT2D eigenvalue weighted by atomic mass is 16.5. The summed E-state index contributed by atoms with van der Waals surface area (Å²) >= 11 is 0. The minimum absolute atomic E-state index is 0.0472. The molecule has 1 aromatic heterocycles. The lowest BCUT2D eigenvalue weighted by molar-refractivity contribution is -0.117. The van der Waals surface area contributed by atoms with Crippen LogP contribution in [0.5, 0.6) is 0 Å². The number of aromatic nitrogens is 1. The molecule has 22 heavy (non-hydrogen) atoms. The van der Waals surface area contributed by atoms with E-state index in [1.165, 1.54) is 0 Å². The van der Waals surface area contributed by atoms with Crippen molar-refractivity contribution >= 4 is 22.7 Å². The summed E-state index contributed by atoms with van der Waals surface area (Å²) in [6, 6.07) is 5.56. The van der Waals surface area contributed by atoms with Crippen molar-refractivity contribution in [2.45, 2.75) is 39.0 Å². The van der Waals surface area contributed by atoms with Crippen LogP contribution in [0.4, 0.5) is 5.69 Å².